The highest BCUT2D eigenvalue weighted by Crippen LogP contribution is 2.29. The molecule has 1 aromatic rings. The third-order valence-electron chi connectivity index (χ3n) is 4.47. The summed E-state index contributed by atoms with van der Waals surface area (Å²) in [6, 6.07) is 8.16. The molecule has 3 rings (SSSR count). The maximum atomic E-state index is 5.19. The fourth-order valence-electron chi connectivity index (χ4n) is 3.43. The van der Waals surface area contributed by atoms with Crippen molar-refractivity contribution in [3.8, 4) is 5.88 Å². The monoisotopic (exact) mass is 261 g/mol. The average Bonchev–Trinajstić information content (AvgIpc) is 2.77. The third kappa shape index (κ3) is 2.90. The number of nitrogens with one attached hydrogen (secondary N) is 1. The molecule has 0 aromatic carbocycles. The number of hydrogen-bond donors (Lipinski definition) is 1. The minimum Gasteiger partial charge on any atom is -0.481 e. The summed E-state index contributed by atoms with van der Waals surface area (Å²) in [7, 11) is 3.89. The summed E-state index contributed by atoms with van der Waals surface area (Å²) >= 11 is 0. The Kier molecular flexibility index (Phi) is 3.71. The molecule has 1 aromatic heterocycles. The smallest absolute Gasteiger partial charge is 0.213 e. The Morgan fingerprint density at radius 3 is 2.74 bits per heavy atom. The summed E-state index contributed by atoms with van der Waals surface area (Å²) in [5.74, 6) is 0.705. The van der Waals surface area contributed by atoms with E-state index in [0.29, 0.717) is 11.9 Å². The summed E-state index contributed by atoms with van der Waals surface area (Å²) in [6.07, 6.45) is 5.26. The van der Waals surface area contributed by atoms with Crippen LogP contribution >= 0.6 is 0 Å². The van der Waals surface area contributed by atoms with Crippen LogP contribution in [0, 0.1) is 0 Å². The SMILES string of the molecule is COc1cccc(CN(C)C2CC3CCC(C2)N3)n1. The standard InChI is InChI=1S/C15H23N3O/c1-18(10-13-4-3-5-15(17-13)19-2)14-8-11-6-7-12(9-14)16-11/h3-5,11-12,14,16H,6-10H2,1-2H3. The van der Waals surface area contributed by atoms with Crippen molar-refractivity contribution < 1.29 is 4.74 Å². The van der Waals surface area contributed by atoms with Gasteiger partial charge in [-0.2, -0.15) is 0 Å². The number of rotatable bonds is 4. The lowest BCUT2D eigenvalue weighted by atomic mass is 9.98. The number of ether oxygens (including phenoxy) is 1. The highest BCUT2D eigenvalue weighted by atomic mass is 16.5. The Labute approximate surface area is 115 Å². The Hall–Kier alpha value is -1.13. The number of fused-ring (bicyclic) bond motifs is 2. The van der Waals surface area contributed by atoms with Gasteiger partial charge in [0.05, 0.1) is 12.8 Å². The molecule has 2 unspecified atom stereocenters. The van der Waals surface area contributed by atoms with Crippen molar-refractivity contribution in [3.63, 3.8) is 0 Å². The van der Waals surface area contributed by atoms with Gasteiger partial charge in [-0.1, -0.05) is 6.07 Å². The molecule has 4 nitrogen and oxygen atoms in total. The summed E-state index contributed by atoms with van der Waals surface area (Å²) in [5, 5.41) is 3.69. The molecule has 2 atom stereocenters. The Bertz CT molecular complexity index is 425. The van der Waals surface area contributed by atoms with Gasteiger partial charge in [0.1, 0.15) is 0 Å². The van der Waals surface area contributed by atoms with Crippen LogP contribution in [0.1, 0.15) is 31.4 Å². The largest absolute Gasteiger partial charge is 0.481 e. The van der Waals surface area contributed by atoms with Crippen LogP contribution in [0.5, 0.6) is 5.88 Å². The first-order chi connectivity index (χ1) is 9.24. The lowest BCUT2D eigenvalue weighted by molar-refractivity contribution is 0.164. The van der Waals surface area contributed by atoms with Crippen molar-refractivity contribution in [2.75, 3.05) is 14.2 Å². The highest BCUT2D eigenvalue weighted by molar-refractivity contribution is 5.15. The second kappa shape index (κ2) is 5.47. The van der Waals surface area contributed by atoms with Gasteiger partial charge in [-0.25, -0.2) is 4.98 Å². The van der Waals surface area contributed by atoms with Crippen LogP contribution in [0.15, 0.2) is 18.2 Å². The van der Waals surface area contributed by atoms with Gasteiger partial charge in [0.25, 0.3) is 0 Å². The number of hydrogen-bond acceptors (Lipinski definition) is 4. The molecule has 0 saturated carbocycles. The lowest BCUT2D eigenvalue weighted by Gasteiger charge is -2.35. The molecule has 3 heterocycles. The predicted octanol–water partition coefficient (Wildman–Crippen LogP) is 1.80. The molecule has 2 saturated heterocycles. The minimum absolute atomic E-state index is 0.687. The van der Waals surface area contributed by atoms with Crippen molar-refractivity contribution >= 4 is 0 Å². The van der Waals surface area contributed by atoms with E-state index in [2.05, 4.69) is 28.3 Å². The molecule has 0 aliphatic carbocycles. The molecule has 0 radical (unpaired) electrons. The highest BCUT2D eigenvalue weighted by Gasteiger charge is 2.34. The number of pyridine rings is 1. The fourth-order valence-corrected chi connectivity index (χ4v) is 3.43. The molecule has 2 aliphatic heterocycles. The van der Waals surface area contributed by atoms with E-state index in [0.717, 1.165) is 24.3 Å². The maximum Gasteiger partial charge on any atom is 0.213 e. The molecular weight excluding hydrogens is 238 g/mol. The van der Waals surface area contributed by atoms with Gasteiger partial charge in [0, 0.05) is 30.7 Å². The van der Waals surface area contributed by atoms with Crippen LogP contribution in [0.3, 0.4) is 0 Å². The third-order valence-corrected chi connectivity index (χ3v) is 4.47. The zero-order valence-electron chi connectivity index (χ0n) is 11.8. The van der Waals surface area contributed by atoms with Gasteiger partial charge in [0.2, 0.25) is 5.88 Å². The molecule has 19 heavy (non-hydrogen) atoms. The molecular formula is C15H23N3O. The first kappa shape index (κ1) is 12.9. The van der Waals surface area contributed by atoms with E-state index in [9.17, 15) is 0 Å². The molecule has 2 aliphatic rings. The normalized spacial score (nSPS) is 29.7. The van der Waals surface area contributed by atoms with Crippen LogP contribution in [0.25, 0.3) is 0 Å². The number of aromatic nitrogens is 1. The van der Waals surface area contributed by atoms with Crippen molar-refractivity contribution in [2.45, 2.75) is 50.4 Å². The zero-order chi connectivity index (χ0) is 13.2. The van der Waals surface area contributed by atoms with Crippen molar-refractivity contribution in [2.24, 2.45) is 0 Å². The van der Waals surface area contributed by atoms with E-state index in [1.165, 1.54) is 25.7 Å². The summed E-state index contributed by atoms with van der Waals surface area (Å²) in [6.45, 7) is 0.904. The van der Waals surface area contributed by atoms with Crippen LogP contribution in [-0.4, -0.2) is 42.2 Å². The zero-order valence-corrected chi connectivity index (χ0v) is 11.8. The van der Waals surface area contributed by atoms with Crippen LogP contribution in [0.2, 0.25) is 0 Å². The average molecular weight is 261 g/mol. The van der Waals surface area contributed by atoms with Crippen molar-refractivity contribution in [1.29, 1.82) is 0 Å². The number of nitrogens with zero attached hydrogens (tertiary/aromatic N) is 2. The van der Waals surface area contributed by atoms with Gasteiger partial charge >= 0.3 is 0 Å². The van der Waals surface area contributed by atoms with E-state index in [1.54, 1.807) is 7.11 Å². The fraction of sp³-hybridized carbons (Fsp3) is 0.667. The van der Waals surface area contributed by atoms with Crippen molar-refractivity contribution in [1.82, 2.24) is 15.2 Å². The molecule has 2 bridgehead atoms. The van der Waals surface area contributed by atoms with Gasteiger partial charge in [-0.3, -0.25) is 4.90 Å². The van der Waals surface area contributed by atoms with Gasteiger partial charge < -0.3 is 10.1 Å². The quantitative estimate of drug-likeness (QED) is 0.897. The Morgan fingerprint density at radius 2 is 2.05 bits per heavy atom. The molecule has 1 N–H and O–H groups in total. The maximum absolute atomic E-state index is 5.19. The van der Waals surface area contributed by atoms with E-state index in [-0.39, 0.29) is 0 Å². The van der Waals surface area contributed by atoms with E-state index in [4.69, 9.17) is 4.74 Å². The summed E-state index contributed by atoms with van der Waals surface area (Å²) in [5.41, 5.74) is 1.09. The summed E-state index contributed by atoms with van der Waals surface area (Å²) < 4.78 is 5.19. The van der Waals surface area contributed by atoms with Crippen LogP contribution < -0.4 is 10.1 Å². The lowest BCUT2D eigenvalue weighted by Crippen LogP contribution is -2.46. The minimum atomic E-state index is 0.687. The van der Waals surface area contributed by atoms with Crippen molar-refractivity contribution in [3.05, 3.63) is 23.9 Å². The van der Waals surface area contributed by atoms with E-state index >= 15 is 0 Å². The van der Waals surface area contributed by atoms with Gasteiger partial charge in [-0.05, 0) is 38.8 Å². The number of methoxy groups -OCH3 is 1. The Balaban J connectivity index is 1.62. The number of piperidine rings is 1. The van der Waals surface area contributed by atoms with E-state index in [1.807, 2.05) is 12.1 Å². The molecule has 104 valence electrons. The first-order valence-electron chi connectivity index (χ1n) is 7.21. The second-order valence-electron chi connectivity index (χ2n) is 5.85. The summed E-state index contributed by atoms with van der Waals surface area (Å²) in [4.78, 5) is 6.95. The Morgan fingerprint density at radius 1 is 1.32 bits per heavy atom. The van der Waals surface area contributed by atoms with Crippen LogP contribution in [0.4, 0.5) is 0 Å². The molecule has 0 spiro atoms. The van der Waals surface area contributed by atoms with E-state index < -0.39 is 0 Å². The first-order valence-corrected chi connectivity index (χ1v) is 7.21. The topological polar surface area (TPSA) is 37.4 Å². The van der Waals surface area contributed by atoms with Crippen LogP contribution in [-0.2, 0) is 6.54 Å². The molecule has 0 amide bonds. The van der Waals surface area contributed by atoms with Gasteiger partial charge in [0.15, 0.2) is 0 Å². The molecule has 2 fully saturated rings. The van der Waals surface area contributed by atoms with Gasteiger partial charge in [-0.15, -0.1) is 0 Å². The molecule has 4 heteroatoms. The predicted molar refractivity (Wildman–Crippen MR) is 75.2 cm³/mol. The second-order valence-corrected chi connectivity index (χ2v) is 5.85.